The van der Waals surface area contributed by atoms with E-state index in [1.165, 1.54) is 19.3 Å². The standard InChI is InChI=1S/C11H21NO/c1-8-5-4-6-11(2,3)9(8)7-10(12)13/h8-9H,4-7H2,1-3H3,(H2,12,13)/t8-,9+/m0/s1. The van der Waals surface area contributed by atoms with Gasteiger partial charge in [0.05, 0.1) is 0 Å². The topological polar surface area (TPSA) is 43.1 Å². The smallest absolute Gasteiger partial charge is 0.217 e. The first-order chi connectivity index (χ1) is 5.93. The van der Waals surface area contributed by atoms with Crippen molar-refractivity contribution in [1.82, 2.24) is 0 Å². The number of carbonyl (C=O) groups excluding carboxylic acids is 1. The molecule has 1 aliphatic carbocycles. The lowest BCUT2D eigenvalue weighted by atomic mass is 9.63. The Balaban J connectivity index is 2.68. The first-order valence-electron chi connectivity index (χ1n) is 5.22. The van der Waals surface area contributed by atoms with Crippen molar-refractivity contribution in [2.75, 3.05) is 0 Å². The van der Waals surface area contributed by atoms with Gasteiger partial charge in [0, 0.05) is 6.42 Å². The van der Waals surface area contributed by atoms with E-state index in [1.54, 1.807) is 0 Å². The van der Waals surface area contributed by atoms with Crippen LogP contribution in [-0.4, -0.2) is 5.91 Å². The van der Waals surface area contributed by atoms with Gasteiger partial charge < -0.3 is 5.73 Å². The minimum Gasteiger partial charge on any atom is -0.370 e. The number of hydrogen-bond donors (Lipinski definition) is 1. The third-order valence-corrected chi connectivity index (χ3v) is 3.59. The quantitative estimate of drug-likeness (QED) is 0.701. The molecule has 2 N–H and O–H groups in total. The maximum atomic E-state index is 10.9. The predicted molar refractivity (Wildman–Crippen MR) is 54.1 cm³/mol. The fourth-order valence-corrected chi connectivity index (χ4v) is 2.73. The van der Waals surface area contributed by atoms with Crippen LogP contribution < -0.4 is 5.73 Å². The maximum Gasteiger partial charge on any atom is 0.217 e. The molecule has 0 heterocycles. The molecule has 0 unspecified atom stereocenters. The van der Waals surface area contributed by atoms with Crippen LogP contribution in [0.4, 0.5) is 0 Å². The van der Waals surface area contributed by atoms with Crippen LogP contribution in [0.2, 0.25) is 0 Å². The minimum absolute atomic E-state index is 0.146. The van der Waals surface area contributed by atoms with Gasteiger partial charge in [-0.15, -0.1) is 0 Å². The zero-order valence-corrected chi connectivity index (χ0v) is 8.97. The van der Waals surface area contributed by atoms with E-state index in [1.807, 2.05) is 0 Å². The maximum absolute atomic E-state index is 10.9. The van der Waals surface area contributed by atoms with Gasteiger partial charge in [-0.05, 0) is 23.7 Å². The zero-order chi connectivity index (χ0) is 10.1. The number of nitrogens with two attached hydrogens (primary N) is 1. The predicted octanol–water partition coefficient (Wildman–Crippen LogP) is 2.32. The Hall–Kier alpha value is -0.530. The molecule has 0 saturated heterocycles. The van der Waals surface area contributed by atoms with Gasteiger partial charge in [-0.1, -0.05) is 33.6 Å². The Kier molecular flexibility index (Phi) is 2.99. The highest BCUT2D eigenvalue weighted by molar-refractivity contribution is 5.74. The summed E-state index contributed by atoms with van der Waals surface area (Å²) in [7, 11) is 0. The number of rotatable bonds is 2. The molecule has 0 aromatic heterocycles. The summed E-state index contributed by atoms with van der Waals surface area (Å²) in [5.41, 5.74) is 5.57. The van der Waals surface area contributed by atoms with Crippen molar-refractivity contribution < 1.29 is 4.79 Å². The molecule has 1 amide bonds. The number of primary amides is 1. The summed E-state index contributed by atoms with van der Waals surface area (Å²) in [6, 6.07) is 0. The lowest BCUT2D eigenvalue weighted by Gasteiger charge is -2.42. The van der Waals surface area contributed by atoms with Gasteiger partial charge in [-0.25, -0.2) is 0 Å². The normalized spacial score (nSPS) is 32.8. The Morgan fingerprint density at radius 1 is 1.54 bits per heavy atom. The van der Waals surface area contributed by atoms with Gasteiger partial charge in [-0.3, -0.25) is 4.79 Å². The first-order valence-corrected chi connectivity index (χ1v) is 5.22. The first kappa shape index (κ1) is 10.6. The van der Waals surface area contributed by atoms with E-state index in [9.17, 15) is 4.79 Å². The number of amides is 1. The van der Waals surface area contributed by atoms with E-state index in [0.29, 0.717) is 23.7 Å². The van der Waals surface area contributed by atoms with Crippen LogP contribution in [-0.2, 0) is 4.79 Å². The molecule has 13 heavy (non-hydrogen) atoms. The van der Waals surface area contributed by atoms with E-state index in [4.69, 9.17) is 5.73 Å². The highest BCUT2D eigenvalue weighted by atomic mass is 16.1. The van der Waals surface area contributed by atoms with Crippen LogP contribution in [0.25, 0.3) is 0 Å². The summed E-state index contributed by atoms with van der Waals surface area (Å²) in [6.07, 6.45) is 4.34. The SMILES string of the molecule is C[C@H]1CCCC(C)(C)[C@@H]1CC(N)=O. The molecule has 2 atom stereocenters. The number of hydrogen-bond acceptors (Lipinski definition) is 1. The van der Waals surface area contributed by atoms with Crippen LogP contribution >= 0.6 is 0 Å². The van der Waals surface area contributed by atoms with E-state index < -0.39 is 0 Å². The third-order valence-electron chi connectivity index (χ3n) is 3.59. The molecule has 1 fully saturated rings. The zero-order valence-electron chi connectivity index (χ0n) is 8.97. The highest BCUT2D eigenvalue weighted by Crippen LogP contribution is 2.45. The van der Waals surface area contributed by atoms with Crippen LogP contribution in [0.1, 0.15) is 46.5 Å². The molecule has 76 valence electrons. The van der Waals surface area contributed by atoms with Crippen molar-refractivity contribution in [2.24, 2.45) is 23.0 Å². The molecule has 0 aliphatic heterocycles. The summed E-state index contributed by atoms with van der Waals surface area (Å²) in [5.74, 6) is 0.988. The molecule has 0 aromatic rings. The summed E-state index contributed by atoms with van der Waals surface area (Å²) in [5, 5.41) is 0. The molecule has 2 nitrogen and oxygen atoms in total. The summed E-state index contributed by atoms with van der Waals surface area (Å²) in [6.45, 7) is 6.76. The van der Waals surface area contributed by atoms with Crippen molar-refractivity contribution in [2.45, 2.75) is 46.5 Å². The molecule has 1 aliphatic rings. The second-order valence-electron chi connectivity index (χ2n) is 5.14. The largest absolute Gasteiger partial charge is 0.370 e. The second-order valence-corrected chi connectivity index (χ2v) is 5.14. The van der Waals surface area contributed by atoms with Crippen molar-refractivity contribution in [3.8, 4) is 0 Å². The van der Waals surface area contributed by atoms with Crippen molar-refractivity contribution >= 4 is 5.91 Å². The molecule has 0 bridgehead atoms. The highest BCUT2D eigenvalue weighted by Gasteiger charge is 2.37. The van der Waals surface area contributed by atoms with Gasteiger partial charge in [0.2, 0.25) is 5.91 Å². The summed E-state index contributed by atoms with van der Waals surface area (Å²) >= 11 is 0. The fourth-order valence-electron chi connectivity index (χ4n) is 2.73. The summed E-state index contributed by atoms with van der Waals surface area (Å²) < 4.78 is 0. The average molecular weight is 183 g/mol. The van der Waals surface area contributed by atoms with Crippen LogP contribution in [0.5, 0.6) is 0 Å². The molecule has 0 aromatic carbocycles. The molecule has 1 saturated carbocycles. The van der Waals surface area contributed by atoms with Gasteiger partial charge in [0.15, 0.2) is 0 Å². The third kappa shape index (κ3) is 2.45. The second kappa shape index (κ2) is 3.69. The molecule has 2 heteroatoms. The van der Waals surface area contributed by atoms with E-state index in [2.05, 4.69) is 20.8 Å². The average Bonchev–Trinajstić information content (AvgIpc) is 1.96. The van der Waals surface area contributed by atoms with Crippen molar-refractivity contribution in [3.63, 3.8) is 0 Å². The Morgan fingerprint density at radius 3 is 2.62 bits per heavy atom. The Labute approximate surface area is 80.9 Å². The Bertz CT molecular complexity index is 198. The molecular formula is C11H21NO. The van der Waals surface area contributed by atoms with Gasteiger partial charge in [-0.2, -0.15) is 0 Å². The lowest BCUT2D eigenvalue weighted by Crippen LogP contribution is -2.36. The molecule has 0 spiro atoms. The monoisotopic (exact) mass is 183 g/mol. The van der Waals surface area contributed by atoms with E-state index in [-0.39, 0.29) is 5.91 Å². The molecule has 1 rings (SSSR count). The van der Waals surface area contributed by atoms with E-state index in [0.717, 1.165) is 0 Å². The minimum atomic E-state index is -0.146. The van der Waals surface area contributed by atoms with Gasteiger partial charge in [0.1, 0.15) is 0 Å². The number of carbonyl (C=O) groups is 1. The van der Waals surface area contributed by atoms with Crippen LogP contribution in [0.15, 0.2) is 0 Å². The van der Waals surface area contributed by atoms with Crippen LogP contribution in [0.3, 0.4) is 0 Å². The van der Waals surface area contributed by atoms with Crippen molar-refractivity contribution in [1.29, 1.82) is 0 Å². The van der Waals surface area contributed by atoms with Gasteiger partial charge in [0.25, 0.3) is 0 Å². The van der Waals surface area contributed by atoms with Crippen LogP contribution in [0, 0.1) is 17.3 Å². The van der Waals surface area contributed by atoms with E-state index >= 15 is 0 Å². The fraction of sp³-hybridized carbons (Fsp3) is 0.909. The molecule has 0 radical (unpaired) electrons. The summed E-state index contributed by atoms with van der Waals surface area (Å²) in [4.78, 5) is 10.9. The molecular weight excluding hydrogens is 162 g/mol. The van der Waals surface area contributed by atoms with Gasteiger partial charge >= 0.3 is 0 Å². The lowest BCUT2D eigenvalue weighted by molar-refractivity contribution is -0.121. The van der Waals surface area contributed by atoms with Crippen molar-refractivity contribution in [3.05, 3.63) is 0 Å². The Morgan fingerprint density at radius 2 is 2.15 bits per heavy atom.